The zero-order chi connectivity index (χ0) is 48.2. The summed E-state index contributed by atoms with van der Waals surface area (Å²) in [6.45, 7) is 0. The molecule has 3 heteroatoms. The Hall–Kier alpha value is -9.70. The van der Waals surface area contributed by atoms with Crippen molar-refractivity contribution in [2.24, 2.45) is 0 Å². The topological polar surface area (TPSA) is 21.3 Å². The van der Waals surface area contributed by atoms with Gasteiger partial charge in [0.25, 0.3) is 0 Å². The van der Waals surface area contributed by atoms with Crippen LogP contribution in [-0.2, 0) is 0 Å². The maximum Gasteiger partial charge on any atom is 0.143 e. The number of fused-ring (bicyclic) bond motifs is 7. The highest BCUT2D eigenvalue weighted by molar-refractivity contribution is 6.10. The first kappa shape index (κ1) is 42.2. The zero-order valence-electron chi connectivity index (χ0n) is 39.9. The van der Waals surface area contributed by atoms with Crippen LogP contribution in [0.3, 0.4) is 0 Å². The lowest BCUT2D eigenvalue weighted by Crippen LogP contribution is -2.09. The Balaban J connectivity index is 0.787. The molecule has 0 bridgehead atoms. The number of aromatic nitrogens is 1. The van der Waals surface area contributed by atoms with Gasteiger partial charge in [-0.25, -0.2) is 0 Å². The second kappa shape index (κ2) is 17.6. The van der Waals surface area contributed by atoms with Crippen molar-refractivity contribution in [3.8, 4) is 61.3 Å². The number of rotatable bonds is 9. The fraction of sp³-hybridized carbons (Fsp3) is 0. The van der Waals surface area contributed by atoms with Crippen molar-refractivity contribution in [3.63, 3.8) is 0 Å². The van der Waals surface area contributed by atoms with Crippen LogP contribution in [0, 0.1) is 0 Å². The first-order valence-electron chi connectivity index (χ1n) is 25.0. The molecule has 14 rings (SSSR count). The molecule has 0 aliphatic heterocycles. The van der Waals surface area contributed by atoms with E-state index >= 15 is 0 Å². The molecule has 14 aromatic rings. The molecule has 0 aliphatic carbocycles. The summed E-state index contributed by atoms with van der Waals surface area (Å²) in [6, 6.07) is 101. The fourth-order valence-corrected chi connectivity index (χ4v) is 10.9. The number of benzene rings is 12. The van der Waals surface area contributed by atoms with Crippen molar-refractivity contribution in [2.75, 3.05) is 4.90 Å². The number of para-hydroxylation sites is 4. The lowest BCUT2D eigenvalue weighted by Gasteiger charge is -2.26. The van der Waals surface area contributed by atoms with Gasteiger partial charge in [0.05, 0.1) is 11.0 Å². The molecule has 3 nitrogen and oxygen atoms in total. The van der Waals surface area contributed by atoms with E-state index in [0.717, 1.165) is 66.9 Å². The highest BCUT2D eigenvalue weighted by atomic mass is 16.3. The van der Waals surface area contributed by atoms with Crippen LogP contribution in [0.15, 0.2) is 283 Å². The van der Waals surface area contributed by atoms with Gasteiger partial charge in [-0.05, 0) is 140 Å². The molecule has 0 aliphatic rings. The average Bonchev–Trinajstić information content (AvgIpc) is 4.02. The molecule has 0 unspecified atom stereocenters. The van der Waals surface area contributed by atoms with Crippen molar-refractivity contribution >= 4 is 71.6 Å². The molecule has 2 aromatic heterocycles. The molecule has 73 heavy (non-hydrogen) atoms. The molecule has 0 saturated carbocycles. The van der Waals surface area contributed by atoms with Crippen LogP contribution in [0.1, 0.15) is 0 Å². The second-order valence-corrected chi connectivity index (χ2v) is 18.9. The minimum Gasteiger partial charge on any atom is -0.455 e. The van der Waals surface area contributed by atoms with Crippen LogP contribution in [0.5, 0.6) is 0 Å². The molecule has 0 spiro atoms. The predicted octanol–water partition coefficient (Wildman–Crippen LogP) is 19.6. The summed E-state index contributed by atoms with van der Waals surface area (Å²) >= 11 is 0. The monoisotopic (exact) mass is 930 g/mol. The maximum absolute atomic E-state index is 6.46. The maximum atomic E-state index is 6.46. The summed E-state index contributed by atoms with van der Waals surface area (Å²) in [5.74, 6) is 0. The third-order valence-corrected chi connectivity index (χ3v) is 14.6. The van der Waals surface area contributed by atoms with E-state index in [0.29, 0.717) is 0 Å². The van der Waals surface area contributed by atoms with E-state index in [1.165, 1.54) is 66.0 Å². The number of hydrogen-bond acceptors (Lipinski definition) is 2. The Kier molecular flexibility index (Phi) is 10.2. The van der Waals surface area contributed by atoms with Gasteiger partial charge in [-0.2, -0.15) is 0 Å². The standard InChI is InChI=1S/C70H46N2O/c1-2-13-53-45-57(31-30-47(53)12-1)55-15-9-14-54(44-55)51-34-40-59(41-35-51)71(60-42-36-52(37-43-60)62-21-11-22-66-65-20-5-8-25-69(65)73-70(62)66)58-38-32-49(33-39-58)48-26-28-50(29-27-48)56-16-10-17-61(46-56)72-67-23-6-3-18-63(67)64-19-4-7-24-68(64)72/h1-46H. The first-order chi connectivity index (χ1) is 36.2. The van der Waals surface area contributed by atoms with Crippen LogP contribution in [0.2, 0.25) is 0 Å². The van der Waals surface area contributed by atoms with Gasteiger partial charge < -0.3 is 13.9 Å². The molecule has 0 atom stereocenters. The molecule has 0 N–H and O–H groups in total. The Labute approximate surface area is 423 Å². The van der Waals surface area contributed by atoms with Gasteiger partial charge in [-0.3, -0.25) is 0 Å². The minimum atomic E-state index is 0.900. The van der Waals surface area contributed by atoms with Crippen molar-refractivity contribution in [1.82, 2.24) is 4.57 Å². The van der Waals surface area contributed by atoms with Crippen LogP contribution in [0.4, 0.5) is 17.1 Å². The molecule has 2 heterocycles. The van der Waals surface area contributed by atoms with Crippen LogP contribution in [-0.4, -0.2) is 4.57 Å². The minimum absolute atomic E-state index is 0.900. The van der Waals surface area contributed by atoms with E-state index in [1.54, 1.807) is 0 Å². The number of hydrogen-bond donors (Lipinski definition) is 0. The SMILES string of the molecule is c1cc(-c2ccc(N(c3ccc(-c4ccc(-c5cccc(-n6c7ccccc7c7ccccc76)c5)cc4)cc3)c3ccc(-c4cccc5c4oc4ccccc45)cc3)cc2)cc(-c2ccc3ccccc3c2)c1. The van der Waals surface area contributed by atoms with Crippen LogP contribution >= 0.6 is 0 Å². The highest BCUT2D eigenvalue weighted by Gasteiger charge is 2.17. The van der Waals surface area contributed by atoms with Crippen molar-refractivity contribution in [1.29, 1.82) is 0 Å². The van der Waals surface area contributed by atoms with Gasteiger partial charge in [0, 0.05) is 49.9 Å². The Bertz CT molecular complexity index is 4300. The van der Waals surface area contributed by atoms with E-state index in [-0.39, 0.29) is 0 Å². The average molecular weight is 931 g/mol. The molecule has 342 valence electrons. The molecular formula is C70H46N2O. The Morgan fingerprint density at radius 3 is 1.36 bits per heavy atom. The van der Waals surface area contributed by atoms with Crippen LogP contribution in [0.25, 0.3) is 116 Å². The van der Waals surface area contributed by atoms with E-state index in [2.05, 4.69) is 276 Å². The molecule has 12 aromatic carbocycles. The van der Waals surface area contributed by atoms with E-state index in [4.69, 9.17) is 4.42 Å². The van der Waals surface area contributed by atoms with Gasteiger partial charge in [-0.1, -0.05) is 200 Å². The van der Waals surface area contributed by atoms with E-state index in [9.17, 15) is 0 Å². The lowest BCUT2D eigenvalue weighted by atomic mass is 9.97. The third kappa shape index (κ3) is 7.54. The van der Waals surface area contributed by atoms with Gasteiger partial charge in [0.15, 0.2) is 0 Å². The fourth-order valence-electron chi connectivity index (χ4n) is 10.9. The molecule has 0 amide bonds. The number of furan rings is 1. The Morgan fingerprint density at radius 1 is 0.274 bits per heavy atom. The summed E-state index contributed by atoms with van der Waals surface area (Å²) < 4.78 is 8.84. The van der Waals surface area contributed by atoms with Crippen LogP contribution < -0.4 is 4.90 Å². The van der Waals surface area contributed by atoms with E-state index in [1.807, 2.05) is 12.1 Å². The third-order valence-electron chi connectivity index (χ3n) is 14.6. The smallest absolute Gasteiger partial charge is 0.143 e. The van der Waals surface area contributed by atoms with Crippen molar-refractivity contribution < 1.29 is 4.42 Å². The molecule has 0 fully saturated rings. The molecule has 0 saturated heterocycles. The van der Waals surface area contributed by atoms with Crippen molar-refractivity contribution in [2.45, 2.75) is 0 Å². The lowest BCUT2D eigenvalue weighted by molar-refractivity contribution is 0.670. The summed E-state index contributed by atoms with van der Waals surface area (Å²) in [6.07, 6.45) is 0. The zero-order valence-corrected chi connectivity index (χ0v) is 39.9. The highest BCUT2D eigenvalue weighted by Crippen LogP contribution is 2.41. The summed E-state index contributed by atoms with van der Waals surface area (Å²) in [7, 11) is 0. The van der Waals surface area contributed by atoms with Gasteiger partial charge >= 0.3 is 0 Å². The molecule has 0 radical (unpaired) electrons. The largest absolute Gasteiger partial charge is 0.455 e. The number of anilines is 3. The predicted molar refractivity (Wildman–Crippen MR) is 307 cm³/mol. The first-order valence-corrected chi connectivity index (χ1v) is 25.0. The summed E-state index contributed by atoms with van der Waals surface area (Å²) in [5.41, 5.74) is 20.2. The Morgan fingerprint density at radius 2 is 0.712 bits per heavy atom. The summed E-state index contributed by atoms with van der Waals surface area (Å²) in [4.78, 5) is 2.35. The molecular weight excluding hydrogens is 885 g/mol. The normalized spacial score (nSPS) is 11.6. The van der Waals surface area contributed by atoms with Gasteiger partial charge in [-0.15, -0.1) is 0 Å². The second-order valence-electron chi connectivity index (χ2n) is 18.9. The van der Waals surface area contributed by atoms with Crippen molar-refractivity contribution in [3.05, 3.63) is 279 Å². The van der Waals surface area contributed by atoms with Gasteiger partial charge in [0.2, 0.25) is 0 Å². The van der Waals surface area contributed by atoms with E-state index < -0.39 is 0 Å². The number of nitrogens with zero attached hydrogens (tertiary/aromatic N) is 2. The van der Waals surface area contributed by atoms with Gasteiger partial charge in [0.1, 0.15) is 11.2 Å². The summed E-state index contributed by atoms with van der Waals surface area (Å²) in [5, 5.41) is 7.28. The quantitative estimate of drug-likeness (QED) is 0.144.